The van der Waals surface area contributed by atoms with Crippen molar-refractivity contribution in [2.45, 2.75) is 26.4 Å². The molecule has 1 aromatic heterocycles. The Balaban J connectivity index is 2.01. The van der Waals surface area contributed by atoms with Crippen LogP contribution in [0, 0.1) is 6.92 Å². The van der Waals surface area contributed by atoms with E-state index in [9.17, 15) is 9.59 Å². The van der Waals surface area contributed by atoms with E-state index in [1.165, 1.54) is 4.90 Å². The van der Waals surface area contributed by atoms with Crippen LogP contribution < -0.4 is 0 Å². The van der Waals surface area contributed by atoms with E-state index in [0.29, 0.717) is 19.6 Å². The van der Waals surface area contributed by atoms with E-state index in [2.05, 4.69) is 9.97 Å². The van der Waals surface area contributed by atoms with E-state index in [-0.39, 0.29) is 18.5 Å². The van der Waals surface area contributed by atoms with Gasteiger partial charge in [-0.05, 0) is 13.8 Å². The van der Waals surface area contributed by atoms with Gasteiger partial charge in [0.05, 0.1) is 18.1 Å². The quantitative estimate of drug-likeness (QED) is 0.790. The lowest BCUT2D eigenvalue weighted by atomic mass is 10.1. The number of nitrogens with zero attached hydrogens (tertiary/aromatic N) is 3. The molecule has 1 aromatic rings. The number of aromatic nitrogens is 2. The summed E-state index contributed by atoms with van der Waals surface area (Å²) in [6.07, 6.45) is 1.64. The maximum absolute atomic E-state index is 12.1. The standard InChI is InChI=1S/C12H18N4O3/c1-8-10(14-7-13-8)5-15-3-4-16(6-11(17)18)12(19)9(15)2/h7,9H,3-6H2,1-2H3,(H,13,14)(H,17,18). The summed E-state index contributed by atoms with van der Waals surface area (Å²) in [5.41, 5.74) is 1.92. The number of rotatable bonds is 4. The first-order chi connectivity index (χ1) is 8.99. The molecule has 2 heterocycles. The Morgan fingerprint density at radius 3 is 2.89 bits per heavy atom. The van der Waals surface area contributed by atoms with E-state index < -0.39 is 5.97 Å². The van der Waals surface area contributed by atoms with Gasteiger partial charge in [-0.3, -0.25) is 14.5 Å². The molecule has 0 radical (unpaired) electrons. The first-order valence-corrected chi connectivity index (χ1v) is 6.22. The van der Waals surface area contributed by atoms with Crippen LogP contribution in [0.2, 0.25) is 0 Å². The lowest BCUT2D eigenvalue weighted by Gasteiger charge is -2.38. The van der Waals surface area contributed by atoms with E-state index in [1.54, 1.807) is 13.3 Å². The lowest BCUT2D eigenvalue weighted by Crippen LogP contribution is -2.56. The zero-order valence-corrected chi connectivity index (χ0v) is 11.1. The van der Waals surface area contributed by atoms with Gasteiger partial charge in [0.1, 0.15) is 6.54 Å². The van der Waals surface area contributed by atoms with Gasteiger partial charge < -0.3 is 15.0 Å². The van der Waals surface area contributed by atoms with E-state index in [0.717, 1.165) is 11.4 Å². The molecule has 1 aliphatic heterocycles. The molecular weight excluding hydrogens is 248 g/mol. The van der Waals surface area contributed by atoms with Crippen molar-refractivity contribution in [2.75, 3.05) is 19.6 Å². The van der Waals surface area contributed by atoms with Gasteiger partial charge in [-0.25, -0.2) is 4.98 Å². The molecule has 0 aliphatic carbocycles. The Labute approximate surface area is 111 Å². The average molecular weight is 266 g/mol. The number of carboxylic acid groups (broad SMARTS) is 1. The highest BCUT2D eigenvalue weighted by Gasteiger charge is 2.32. The van der Waals surface area contributed by atoms with Crippen LogP contribution in [-0.2, 0) is 16.1 Å². The van der Waals surface area contributed by atoms with Crippen molar-refractivity contribution in [1.82, 2.24) is 19.8 Å². The molecule has 0 spiro atoms. The number of H-pyrrole nitrogens is 1. The zero-order valence-electron chi connectivity index (χ0n) is 11.1. The van der Waals surface area contributed by atoms with Crippen LogP contribution in [0.3, 0.4) is 0 Å². The monoisotopic (exact) mass is 266 g/mol. The third-order valence-corrected chi connectivity index (χ3v) is 3.49. The summed E-state index contributed by atoms with van der Waals surface area (Å²) < 4.78 is 0. The first kappa shape index (κ1) is 13.5. The third kappa shape index (κ3) is 2.93. The van der Waals surface area contributed by atoms with Crippen molar-refractivity contribution in [1.29, 1.82) is 0 Å². The molecule has 1 atom stereocenters. The molecule has 2 rings (SSSR count). The molecule has 19 heavy (non-hydrogen) atoms. The van der Waals surface area contributed by atoms with Gasteiger partial charge in [0, 0.05) is 25.3 Å². The zero-order chi connectivity index (χ0) is 14.0. The van der Waals surface area contributed by atoms with Crippen LogP contribution in [0.1, 0.15) is 18.3 Å². The second-order valence-corrected chi connectivity index (χ2v) is 4.77. The van der Waals surface area contributed by atoms with Gasteiger partial charge in [0.15, 0.2) is 0 Å². The van der Waals surface area contributed by atoms with Crippen LogP contribution in [-0.4, -0.2) is 62.4 Å². The summed E-state index contributed by atoms with van der Waals surface area (Å²) in [7, 11) is 0. The van der Waals surface area contributed by atoms with E-state index in [1.807, 2.05) is 11.8 Å². The van der Waals surface area contributed by atoms with Crippen molar-refractivity contribution in [3.63, 3.8) is 0 Å². The van der Waals surface area contributed by atoms with Gasteiger partial charge in [-0.2, -0.15) is 0 Å². The molecule has 2 N–H and O–H groups in total. The fourth-order valence-corrected chi connectivity index (χ4v) is 2.25. The molecule has 1 unspecified atom stereocenters. The van der Waals surface area contributed by atoms with E-state index >= 15 is 0 Å². The Kier molecular flexibility index (Phi) is 3.84. The molecule has 1 fully saturated rings. The smallest absolute Gasteiger partial charge is 0.323 e. The Bertz CT molecular complexity index is 485. The third-order valence-electron chi connectivity index (χ3n) is 3.49. The maximum atomic E-state index is 12.1. The highest BCUT2D eigenvalue weighted by Crippen LogP contribution is 2.15. The minimum absolute atomic E-state index is 0.137. The second kappa shape index (κ2) is 5.40. The molecule has 0 aromatic carbocycles. The number of hydrogen-bond acceptors (Lipinski definition) is 4. The molecule has 1 amide bonds. The average Bonchev–Trinajstić information content (AvgIpc) is 2.74. The Hall–Kier alpha value is -1.89. The fourth-order valence-electron chi connectivity index (χ4n) is 2.25. The first-order valence-electron chi connectivity index (χ1n) is 6.22. The number of carbonyl (C=O) groups excluding carboxylic acids is 1. The van der Waals surface area contributed by atoms with Crippen molar-refractivity contribution >= 4 is 11.9 Å². The summed E-state index contributed by atoms with van der Waals surface area (Å²) in [4.78, 5) is 33.4. The number of carbonyl (C=O) groups is 2. The molecule has 104 valence electrons. The lowest BCUT2D eigenvalue weighted by molar-refractivity contribution is -0.150. The minimum atomic E-state index is -0.975. The maximum Gasteiger partial charge on any atom is 0.323 e. The fraction of sp³-hybridized carbons (Fsp3) is 0.583. The van der Waals surface area contributed by atoms with Gasteiger partial charge >= 0.3 is 5.97 Å². The summed E-state index contributed by atoms with van der Waals surface area (Å²) >= 11 is 0. The van der Waals surface area contributed by atoms with Gasteiger partial charge in [-0.15, -0.1) is 0 Å². The van der Waals surface area contributed by atoms with Gasteiger partial charge in [0.2, 0.25) is 5.91 Å². The summed E-state index contributed by atoms with van der Waals surface area (Å²) in [5.74, 6) is -1.11. The molecule has 0 saturated carbocycles. The SMILES string of the molecule is Cc1[nH]cnc1CN1CCN(CC(=O)O)C(=O)C1C. The van der Waals surface area contributed by atoms with Crippen LogP contribution in [0.4, 0.5) is 0 Å². The summed E-state index contributed by atoms with van der Waals surface area (Å²) in [6.45, 7) is 5.22. The van der Waals surface area contributed by atoms with Crippen LogP contribution in [0.25, 0.3) is 0 Å². The molecule has 1 saturated heterocycles. The second-order valence-electron chi connectivity index (χ2n) is 4.77. The Morgan fingerprint density at radius 2 is 2.32 bits per heavy atom. The number of piperazine rings is 1. The van der Waals surface area contributed by atoms with Crippen molar-refractivity contribution in [3.05, 3.63) is 17.7 Å². The van der Waals surface area contributed by atoms with Crippen molar-refractivity contribution in [2.24, 2.45) is 0 Å². The number of imidazole rings is 1. The minimum Gasteiger partial charge on any atom is -0.480 e. The molecule has 7 nitrogen and oxygen atoms in total. The molecule has 1 aliphatic rings. The molecule has 0 bridgehead atoms. The summed E-state index contributed by atoms with van der Waals surface area (Å²) in [6, 6.07) is -0.316. The van der Waals surface area contributed by atoms with Crippen molar-refractivity contribution < 1.29 is 14.7 Å². The van der Waals surface area contributed by atoms with Crippen LogP contribution in [0.15, 0.2) is 6.33 Å². The highest BCUT2D eigenvalue weighted by molar-refractivity contribution is 5.85. The number of hydrogen-bond donors (Lipinski definition) is 2. The number of amides is 1. The molecular formula is C12H18N4O3. The van der Waals surface area contributed by atoms with E-state index in [4.69, 9.17) is 5.11 Å². The topological polar surface area (TPSA) is 89.5 Å². The highest BCUT2D eigenvalue weighted by atomic mass is 16.4. The van der Waals surface area contributed by atoms with Gasteiger partial charge in [0.25, 0.3) is 0 Å². The number of aryl methyl sites for hydroxylation is 1. The number of aliphatic carboxylic acids is 1. The molecule has 7 heteroatoms. The number of carboxylic acids is 1. The predicted molar refractivity (Wildman–Crippen MR) is 67.4 cm³/mol. The number of nitrogens with one attached hydrogen (secondary N) is 1. The van der Waals surface area contributed by atoms with Gasteiger partial charge in [-0.1, -0.05) is 0 Å². The number of aromatic amines is 1. The Morgan fingerprint density at radius 1 is 1.58 bits per heavy atom. The predicted octanol–water partition coefficient (Wildman–Crippen LogP) is -0.165. The largest absolute Gasteiger partial charge is 0.480 e. The van der Waals surface area contributed by atoms with Crippen molar-refractivity contribution in [3.8, 4) is 0 Å². The summed E-state index contributed by atoms with van der Waals surface area (Å²) in [5, 5.41) is 8.76. The normalized spacial score (nSPS) is 20.8. The van der Waals surface area contributed by atoms with Crippen LogP contribution >= 0.6 is 0 Å². The van der Waals surface area contributed by atoms with Crippen LogP contribution in [0.5, 0.6) is 0 Å².